The zero-order chi connectivity index (χ0) is 11.2. The average molecular weight is 210 g/mol. The van der Waals surface area contributed by atoms with Crippen molar-refractivity contribution < 1.29 is 14.6 Å². The molecule has 0 bridgehead atoms. The number of hydrogen-bond donors (Lipinski definition) is 1. The van der Waals surface area contributed by atoms with E-state index in [0.717, 1.165) is 6.42 Å². The number of rotatable bonds is 2. The van der Waals surface area contributed by atoms with E-state index >= 15 is 0 Å². The van der Waals surface area contributed by atoms with Gasteiger partial charge in [-0.3, -0.25) is 4.79 Å². The van der Waals surface area contributed by atoms with Gasteiger partial charge in [0.25, 0.3) is 5.91 Å². The second-order valence-electron chi connectivity index (χ2n) is 4.23. The molecular formula is C10H14N2O3. The maximum Gasteiger partial charge on any atom is 0.280 e. The van der Waals surface area contributed by atoms with Crippen LogP contribution in [0.2, 0.25) is 0 Å². The van der Waals surface area contributed by atoms with Crippen molar-refractivity contribution in [1.82, 2.24) is 4.90 Å². The van der Waals surface area contributed by atoms with Crippen LogP contribution in [-0.2, 0) is 9.53 Å². The molecule has 0 spiro atoms. The van der Waals surface area contributed by atoms with Crippen LogP contribution in [0, 0.1) is 23.2 Å². The summed E-state index contributed by atoms with van der Waals surface area (Å²) in [6.07, 6.45) is -0.711. The van der Waals surface area contributed by atoms with Crippen molar-refractivity contribution >= 4 is 5.91 Å². The van der Waals surface area contributed by atoms with Gasteiger partial charge in [0.15, 0.2) is 0 Å². The van der Waals surface area contributed by atoms with E-state index < -0.39 is 18.2 Å². The van der Waals surface area contributed by atoms with E-state index in [1.807, 2.05) is 0 Å². The SMILES string of the molecule is COC(O)C(=O)N1[C@H]2[C@@H](C)[C@H]2C[C@H]1C#N. The average Bonchev–Trinajstić information content (AvgIpc) is 2.73. The number of piperidine rings is 1. The second kappa shape index (κ2) is 3.47. The number of fused-ring (bicyclic) bond motifs is 1. The molecule has 0 aromatic rings. The minimum absolute atomic E-state index is 0.131. The van der Waals surface area contributed by atoms with Crippen molar-refractivity contribution in [3.8, 4) is 6.07 Å². The monoisotopic (exact) mass is 210 g/mol. The summed E-state index contributed by atoms with van der Waals surface area (Å²) in [4.78, 5) is 13.2. The van der Waals surface area contributed by atoms with Crippen LogP contribution in [-0.4, -0.2) is 41.4 Å². The van der Waals surface area contributed by atoms with Gasteiger partial charge < -0.3 is 14.7 Å². The Balaban J connectivity index is 2.12. The first kappa shape index (κ1) is 10.4. The summed E-state index contributed by atoms with van der Waals surface area (Å²) in [6, 6.07) is 1.83. The molecule has 0 radical (unpaired) electrons. The van der Waals surface area contributed by atoms with Crippen LogP contribution in [0.25, 0.3) is 0 Å². The van der Waals surface area contributed by atoms with Crippen molar-refractivity contribution in [3.63, 3.8) is 0 Å². The number of amides is 1. The Hall–Kier alpha value is -1.12. The standard InChI is InChI=1S/C10H14N2O3/c1-5-7-3-6(4-11)12(8(5)7)9(13)10(14)15-2/h5-8,10,14H,3H2,1-2H3/t5-,6-,7+,8-,10?/m0/s1. The molecule has 1 N–H and O–H groups in total. The van der Waals surface area contributed by atoms with E-state index in [2.05, 4.69) is 17.7 Å². The van der Waals surface area contributed by atoms with Crippen LogP contribution in [0.3, 0.4) is 0 Å². The molecular weight excluding hydrogens is 196 g/mol. The summed E-state index contributed by atoms with van der Waals surface area (Å²) < 4.78 is 4.57. The van der Waals surface area contributed by atoms with Gasteiger partial charge in [-0.25, -0.2) is 0 Å². The smallest absolute Gasteiger partial charge is 0.280 e. The van der Waals surface area contributed by atoms with E-state index in [1.54, 1.807) is 0 Å². The van der Waals surface area contributed by atoms with E-state index in [9.17, 15) is 9.90 Å². The lowest BCUT2D eigenvalue weighted by molar-refractivity contribution is -0.165. The molecule has 2 fully saturated rings. The number of hydrogen-bond acceptors (Lipinski definition) is 4. The molecule has 5 nitrogen and oxygen atoms in total. The Labute approximate surface area is 88.2 Å². The van der Waals surface area contributed by atoms with Gasteiger partial charge in [0, 0.05) is 13.2 Å². The van der Waals surface area contributed by atoms with Crippen LogP contribution in [0.4, 0.5) is 0 Å². The molecule has 82 valence electrons. The number of nitrogens with zero attached hydrogens (tertiary/aromatic N) is 2. The number of nitriles is 1. The molecule has 1 heterocycles. The Morgan fingerprint density at radius 2 is 2.40 bits per heavy atom. The summed E-state index contributed by atoms with van der Waals surface area (Å²) in [6.45, 7) is 2.06. The molecule has 1 amide bonds. The Bertz CT molecular complexity index is 325. The Morgan fingerprint density at radius 3 is 2.93 bits per heavy atom. The fourth-order valence-electron chi connectivity index (χ4n) is 2.56. The molecule has 0 aromatic heterocycles. The number of aliphatic hydroxyl groups is 1. The molecule has 2 aliphatic rings. The molecule has 2 rings (SSSR count). The van der Waals surface area contributed by atoms with Crippen LogP contribution in [0.5, 0.6) is 0 Å². The van der Waals surface area contributed by atoms with Crippen molar-refractivity contribution in [3.05, 3.63) is 0 Å². The number of likely N-dealkylation sites (tertiary alicyclic amines) is 1. The quantitative estimate of drug-likeness (QED) is 0.636. The van der Waals surface area contributed by atoms with Crippen molar-refractivity contribution in [2.45, 2.75) is 31.7 Å². The first-order valence-electron chi connectivity index (χ1n) is 5.04. The minimum atomic E-state index is -1.44. The van der Waals surface area contributed by atoms with Gasteiger partial charge in [-0.05, 0) is 18.3 Å². The highest BCUT2D eigenvalue weighted by Gasteiger charge is 2.60. The zero-order valence-electron chi connectivity index (χ0n) is 8.75. The first-order valence-corrected chi connectivity index (χ1v) is 5.04. The molecule has 1 aliphatic carbocycles. The number of methoxy groups -OCH3 is 1. The van der Waals surface area contributed by atoms with E-state index in [4.69, 9.17) is 5.26 Å². The molecule has 5 atom stereocenters. The topological polar surface area (TPSA) is 73.6 Å². The first-order chi connectivity index (χ1) is 7.11. The maximum absolute atomic E-state index is 11.7. The highest BCUT2D eigenvalue weighted by molar-refractivity contribution is 5.81. The largest absolute Gasteiger partial charge is 0.361 e. The third-order valence-corrected chi connectivity index (χ3v) is 3.50. The minimum Gasteiger partial charge on any atom is -0.361 e. The van der Waals surface area contributed by atoms with Gasteiger partial charge in [0.2, 0.25) is 6.29 Å². The van der Waals surface area contributed by atoms with Crippen LogP contribution < -0.4 is 0 Å². The van der Waals surface area contributed by atoms with Gasteiger partial charge in [-0.15, -0.1) is 0 Å². The summed E-state index contributed by atoms with van der Waals surface area (Å²) in [5, 5.41) is 18.2. The summed E-state index contributed by atoms with van der Waals surface area (Å²) in [5.74, 6) is 0.395. The molecule has 5 heteroatoms. The molecule has 0 aromatic carbocycles. The van der Waals surface area contributed by atoms with Gasteiger partial charge in [0.1, 0.15) is 6.04 Å². The highest BCUT2D eigenvalue weighted by Crippen LogP contribution is 2.53. The summed E-state index contributed by atoms with van der Waals surface area (Å²) in [7, 11) is 1.27. The van der Waals surface area contributed by atoms with Gasteiger partial charge in [0.05, 0.1) is 6.07 Å². The predicted octanol–water partition coefficient (Wildman–Crippen LogP) is -0.290. The van der Waals surface area contributed by atoms with Crippen LogP contribution in [0.15, 0.2) is 0 Å². The molecule has 1 aliphatic heterocycles. The molecule has 15 heavy (non-hydrogen) atoms. The van der Waals surface area contributed by atoms with E-state index in [0.29, 0.717) is 11.8 Å². The van der Waals surface area contributed by atoms with Crippen LogP contribution in [0.1, 0.15) is 13.3 Å². The molecule has 1 saturated carbocycles. The highest BCUT2D eigenvalue weighted by atomic mass is 16.6. The third-order valence-electron chi connectivity index (χ3n) is 3.50. The maximum atomic E-state index is 11.7. The van der Waals surface area contributed by atoms with E-state index in [1.165, 1.54) is 12.0 Å². The van der Waals surface area contributed by atoms with Crippen molar-refractivity contribution in [2.24, 2.45) is 11.8 Å². The summed E-state index contributed by atoms with van der Waals surface area (Å²) >= 11 is 0. The summed E-state index contributed by atoms with van der Waals surface area (Å²) in [5.41, 5.74) is 0. The van der Waals surface area contributed by atoms with Crippen LogP contribution >= 0.6 is 0 Å². The lowest BCUT2D eigenvalue weighted by atomic mass is 10.1. The lowest BCUT2D eigenvalue weighted by Crippen LogP contribution is -2.45. The predicted molar refractivity (Wildman–Crippen MR) is 50.3 cm³/mol. The number of aliphatic hydroxyl groups excluding tert-OH is 1. The lowest BCUT2D eigenvalue weighted by Gasteiger charge is -2.25. The van der Waals surface area contributed by atoms with E-state index in [-0.39, 0.29) is 6.04 Å². The van der Waals surface area contributed by atoms with Gasteiger partial charge in [-0.1, -0.05) is 6.92 Å². The zero-order valence-corrected chi connectivity index (χ0v) is 8.75. The van der Waals surface area contributed by atoms with Crippen molar-refractivity contribution in [1.29, 1.82) is 5.26 Å². The van der Waals surface area contributed by atoms with Gasteiger partial charge >= 0.3 is 0 Å². The number of carbonyl (C=O) groups is 1. The van der Waals surface area contributed by atoms with Gasteiger partial charge in [-0.2, -0.15) is 5.26 Å². The molecule has 1 unspecified atom stereocenters. The van der Waals surface area contributed by atoms with Crippen molar-refractivity contribution in [2.75, 3.05) is 7.11 Å². The second-order valence-corrected chi connectivity index (χ2v) is 4.23. The Morgan fingerprint density at radius 1 is 1.73 bits per heavy atom. The number of ether oxygens (including phenoxy) is 1. The fourth-order valence-corrected chi connectivity index (χ4v) is 2.56. The molecule has 1 saturated heterocycles. The number of carbonyl (C=O) groups excluding carboxylic acids is 1. The third kappa shape index (κ3) is 1.41. The normalized spacial score (nSPS) is 39.5. The Kier molecular flexibility index (Phi) is 2.41. The fraction of sp³-hybridized carbons (Fsp3) is 0.800.